The quantitative estimate of drug-likeness (QED) is 0.939. The van der Waals surface area contributed by atoms with E-state index in [1.807, 2.05) is 0 Å². The molecule has 0 atom stereocenters. The molecule has 108 valence electrons. The van der Waals surface area contributed by atoms with E-state index in [-0.39, 0.29) is 6.54 Å². The van der Waals surface area contributed by atoms with Gasteiger partial charge >= 0.3 is 6.18 Å². The summed E-state index contributed by atoms with van der Waals surface area (Å²) in [7, 11) is 0. The van der Waals surface area contributed by atoms with E-state index < -0.39 is 17.8 Å². The maximum atomic E-state index is 12.4. The second kappa shape index (κ2) is 4.99. The molecular weight excluding hydrogens is 277 g/mol. The number of halogens is 3. The molecule has 6 nitrogen and oxygen atoms in total. The molecule has 0 saturated heterocycles. The maximum absolute atomic E-state index is 12.4. The minimum atomic E-state index is -4.52. The number of hydrogen-bond donors (Lipinski definition) is 1. The second-order valence-electron chi connectivity index (χ2n) is 4.14. The van der Waals surface area contributed by atoms with Crippen molar-refractivity contribution in [2.45, 2.75) is 26.6 Å². The van der Waals surface area contributed by atoms with E-state index in [4.69, 9.17) is 4.52 Å². The van der Waals surface area contributed by atoms with Gasteiger partial charge in [0.05, 0.1) is 0 Å². The van der Waals surface area contributed by atoms with Gasteiger partial charge in [0, 0.05) is 6.20 Å². The molecule has 0 spiro atoms. The van der Waals surface area contributed by atoms with Crippen LogP contribution in [0, 0.1) is 13.8 Å². The van der Waals surface area contributed by atoms with Gasteiger partial charge in [-0.3, -0.25) is 9.48 Å². The molecule has 0 saturated carbocycles. The van der Waals surface area contributed by atoms with Crippen LogP contribution in [-0.2, 0) is 17.5 Å². The predicted octanol–water partition coefficient (Wildman–Crippen LogP) is 2.15. The van der Waals surface area contributed by atoms with Crippen molar-refractivity contribution in [1.29, 1.82) is 0 Å². The molecule has 1 amide bonds. The smallest absolute Gasteiger partial charge is 0.359 e. The fourth-order valence-electron chi connectivity index (χ4n) is 1.59. The lowest BCUT2D eigenvalue weighted by Gasteiger charge is -2.05. The number of nitrogens with zero attached hydrogens (tertiary/aromatic N) is 3. The average molecular weight is 288 g/mol. The van der Waals surface area contributed by atoms with Crippen LogP contribution in [-0.4, -0.2) is 20.8 Å². The third-order valence-electron chi connectivity index (χ3n) is 2.53. The predicted molar refractivity (Wildman–Crippen MR) is 61.8 cm³/mol. The van der Waals surface area contributed by atoms with Crippen molar-refractivity contribution >= 4 is 11.6 Å². The molecule has 2 aromatic heterocycles. The highest BCUT2D eigenvalue weighted by Crippen LogP contribution is 2.27. The van der Waals surface area contributed by atoms with Gasteiger partial charge in [-0.15, -0.1) is 0 Å². The first kappa shape index (κ1) is 14.1. The topological polar surface area (TPSA) is 73.0 Å². The van der Waals surface area contributed by atoms with Gasteiger partial charge < -0.3 is 9.84 Å². The summed E-state index contributed by atoms with van der Waals surface area (Å²) in [4.78, 5) is 11.7. The Labute approximate surface area is 111 Å². The summed E-state index contributed by atoms with van der Waals surface area (Å²) >= 11 is 0. The number of nitrogens with one attached hydrogen (secondary N) is 1. The van der Waals surface area contributed by atoms with Gasteiger partial charge in [-0.25, -0.2) is 0 Å². The van der Waals surface area contributed by atoms with Crippen LogP contribution >= 0.6 is 0 Å². The van der Waals surface area contributed by atoms with Gasteiger partial charge in [-0.2, -0.15) is 18.3 Å². The van der Waals surface area contributed by atoms with Crippen molar-refractivity contribution in [2.24, 2.45) is 0 Å². The van der Waals surface area contributed by atoms with Gasteiger partial charge in [0.2, 0.25) is 5.91 Å². The molecule has 1 N–H and O–H groups in total. The molecule has 9 heteroatoms. The Morgan fingerprint density at radius 2 is 2.15 bits per heavy atom. The van der Waals surface area contributed by atoms with Crippen LogP contribution in [0.2, 0.25) is 0 Å². The third kappa shape index (κ3) is 2.98. The highest BCUT2D eigenvalue weighted by atomic mass is 19.4. The normalized spacial score (nSPS) is 11.7. The molecule has 0 aliphatic rings. The lowest BCUT2D eigenvalue weighted by Crippen LogP contribution is -2.20. The fourth-order valence-corrected chi connectivity index (χ4v) is 1.59. The highest BCUT2D eigenvalue weighted by molar-refractivity contribution is 5.91. The molecule has 0 aliphatic carbocycles. The number of aromatic nitrogens is 3. The van der Waals surface area contributed by atoms with E-state index in [1.54, 1.807) is 13.8 Å². The molecule has 0 radical (unpaired) electrons. The van der Waals surface area contributed by atoms with Crippen molar-refractivity contribution in [3.05, 3.63) is 29.4 Å². The van der Waals surface area contributed by atoms with Crippen LogP contribution in [0.5, 0.6) is 0 Å². The summed E-state index contributed by atoms with van der Waals surface area (Å²) in [6, 6.07) is 0.809. The number of amides is 1. The summed E-state index contributed by atoms with van der Waals surface area (Å²) in [5, 5.41) is 9.46. The Morgan fingerprint density at radius 1 is 1.45 bits per heavy atom. The highest BCUT2D eigenvalue weighted by Gasteiger charge is 2.33. The average Bonchev–Trinajstić information content (AvgIpc) is 2.90. The lowest BCUT2D eigenvalue weighted by atomic mass is 10.3. The van der Waals surface area contributed by atoms with Gasteiger partial charge in [0.25, 0.3) is 0 Å². The zero-order chi connectivity index (χ0) is 14.9. The largest absolute Gasteiger partial charge is 0.435 e. The van der Waals surface area contributed by atoms with Crippen LogP contribution in [0.3, 0.4) is 0 Å². The first-order valence-corrected chi connectivity index (χ1v) is 5.60. The van der Waals surface area contributed by atoms with Crippen molar-refractivity contribution in [3.63, 3.8) is 0 Å². The van der Waals surface area contributed by atoms with Crippen LogP contribution < -0.4 is 5.32 Å². The minimum absolute atomic E-state index is 0.333. The Kier molecular flexibility index (Phi) is 3.51. The number of carbonyl (C=O) groups is 1. The molecule has 0 aliphatic heterocycles. The van der Waals surface area contributed by atoms with E-state index in [2.05, 4.69) is 15.6 Å². The van der Waals surface area contributed by atoms with E-state index in [9.17, 15) is 18.0 Å². The molecular formula is C11H11F3N4O2. The van der Waals surface area contributed by atoms with Gasteiger partial charge in [0.1, 0.15) is 17.9 Å². The summed E-state index contributed by atoms with van der Waals surface area (Å²) in [6.45, 7) is 2.92. The minimum Gasteiger partial charge on any atom is -0.359 e. The SMILES string of the molecule is Cc1noc(C)c1NC(=O)Cn1ccc(C(F)(F)F)n1. The second-order valence-corrected chi connectivity index (χ2v) is 4.14. The molecule has 2 aromatic rings. The monoisotopic (exact) mass is 288 g/mol. The van der Waals surface area contributed by atoms with Gasteiger partial charge in [-0.1, -0.05) is 5.16 Å². The maximum Gasteiger partial charge on any atom is 0.435 e. The Morgan fingerprint density at radius 3 is 2.65 bits per heavy atom. The molecule has 0 fully saturated rings. The van der Waals surface area contributed by atoms with Crippen molar-refractivity contribution in [1.82, 2.24) is 14.9 Å². The van der Waals surface area contributed by atoms with Crippen molar-refractivity contribution < 1.29 is 22.5 Å². The van der Waals surface area contributed by atoms with E-state index >= 15 is 0 Å². The molecule has 0 unspecified atom stereocenters. The number of alkyl halides is 3. The van der Waals surface area contributed by atoms with Crippen LogP contribution in [0.15, 0.2) is 16.8 Å². The first-order valence-electron chi connectivity index (χ1n) is 5.60. The first-order chi connectivity index (χ1) is 9.27. The number of aryl methyl sites for hydroxylation is 2. The lowest BCUT2D eigenvalue weighted by molar-refractivity contribution is -0.141. The third-order valence-corrected chi connectivity index (χ3v) is 2.53. The van der Waals surface area contributed by atoms with Crippen LogP contribution in [0.1, 0.15) is 17.1 Å². The van der Waals surface area contributed by atoms with Crippen molar-refractivity contribution in [2.75, 3.05) is 5.32 Å². The van der Waals surface area contributed by atoms with E-state index in [0.29, 0.717) is 17.1 Å². The van der Waals surface area contributed by atoms with E-state index in [0.717, 1.165) is 16.9 Å². The number of carbonyl (C=O) groups excluding carboxylic acids is 1. The molecule has 0 aromatic carbocycles. The van der Waals surface area contributed by atoms with Gasteiger partial charge in [-0.05, 0) is 19.9 Å². The number of hydrogen-bond acceptors (Lipinski definition) is 4. The Balaban J connectivity index is 2.04. The standard InChI is InChI=1S/C11H11F3N4O2/c1-6-10(7(2)20-17-6)15-9(19)5-18-4-3-8(16-18)11(12,13)14/h3-4H,5H2,1-2H3,(H,15,19). The number of anilines is 1. The summed E-state index contributed by atoms with van der Waals surface area (Å²) in [6.07, 6.45) is -3.43. The molecule has 2 heterocycles. The van der Waals surface area contributed by atoms with Gasteiger partial charge in [0.15, 0.2) is 11.5 Å². The van der Waals surface area contributed by atoms with Crippen molar-refractivity contribution in [3.8, 4) is 0 Å². The van der Waals surface area contributed by atoms with Crippen LogP contribution in [0.25, 0.3) is 0 Å². The molecule has 0 bridgehead atoms. The molecule has 20 heavy (non-hydrogen) atoms. The van der Waals surface area contributed by atoms with E-state index in [1.165, 1.54) is 0 Å². The zero-order valence-electron chi connectivity index (χ0n) is 10.7. The summed E-state index contributed by atoms with van der Waals surface area (Å²) in [5.74, 6) is -0.0940. The number of rotatable bonds is 3. The summed E-state index contributed by atoms with van der Waals surface area (Å²) < 4.78 is 42.8. The fraction of sp³-hybridized carbons (Fsp3) is 0.364. The Bertz CT molecular complexity index is 610. The summed E-state index contributed by atoms with van der Waals surface area (Å²) in [5.41, 5.74) is -0.131. The van der Waals surface area contributed by atoms with Crippen LogP contribution in [0.4, 0.5) is 18.9 Å². The zero-order valence-corrected chi connectivity index (χ0v) is 10.7. The molecule has 2 rings (SSSR count). The Hall–Kier alpha value is -2.32.